The van der Waals surface area contributed by atoms with Crippen molar-refractivity contribution in [2.45, 2.75) is 0 Å². The molecule has 0 aliphatic carbocycles. The minimum atomic E-state index is -2.19. The second kappa shape index (κ2) is 18.0. The summed E-state index contributed by atoms with van der Waals surface area (Å²) in [6.07, 6.45) is 0. The first kappa shape index (κ1) is 31.4. The molecule has 0 rings (SSSR count). The van der Waals surface area contributed by atoms with Crippen molar-refractivity contribution in [1.29, 1.82) is 0 Å². The van der Waals surface area contributed by atoms with E-state index >= 15 is 0 Å². The molecule has 0 aliphatic rings. The normalized spacial score (nSPS) is 6.60. The molecule has 0 aromatic carbocycles. The monoisotopic (exact) mass is 362 g/mol. The van der Waals surface area contributed by atoms with Gasteiger partial charge in [-0.15, -0.1) is 0 Å². The van der Waals surface area contributed by atoms with Crippen LogP contribution in [0.2, 0.25) is 0 Å². The Hall–Kier alpha value is -1.02. The van der Waals surface area contributed by atoms with Gasteiger partial charge in [-0.3, -0.25) is 0 Å². The van der Waals surface area contributed by atoms with Gasteiger partial charge >= 0.3 is 86.4 Å². The van der Waals surface area contributed by atoms with Crippen LogP contribution in [0.4, 0.5) is 0 Å². The number of carbonyl (C=O) groups is 6. The maximum Gasteiger partial charge on any atom is 2.00 e. The summed E-state index contributed by atoms with van der Waals surface area (Å²) in [5.41, 5.74) is 0. The molecule has 108 valence electrons. The molecule has 3 N–H and O–H groups in total. The molecule has 0 spiro atoms. The second-order valence-corrected chi connectivity index (χ2v) is 1.78. The Morgan fingerprint density at radius 3 is 0.700 bits per heavy atom. The first-order chi connectivity index (χ1) is 7.93. The van der Waals surface area contributed by atoms with Gasteiger partial charge in [-0.1, -0.05) is 0 Å². The topological polar surface area (TPSA) is 232 Å². The zero-order valence-corrected chi connectivity index (χ0v) is 13.6. The van der Waals surface area contributed by atoms with Crippen LogP contribution in [0.15, 0.2) is 0 Å². The minimum Gasteiger partial charge on any atom is -0.543 e. The van der Waals surface area contributed by atoms with Crippen LogP contribution in [-0.4, -0.2) is 51.1 Å². The number of hydrogen-bond acceptors (Lipinski definition) is 9. The molecule has 0 amide bonds. The van der Waals surface area contributed by atoms with Crippen LogP contribution < -0.4 is 66.7 Å². The third kappa shape index (κ3) is 36.0. The quantitative estimate of drug-likeness (QED) is 0.269. The Balaban J connectivity index is -0.0000000536. The third-order valence-corrected chi connectivity index (χ3v) is 0.524. The molecule has 0 radical (unpaired) electrons. The molecule has 0 aliphatic heterocycles. The molecule has 0 fully saturated rings. The van der Waals surface area contributed by atoms with Crippen LogP contribution in [0, 0.1) is 0 Å². The van der Waals surface area contributed by atoms with Crippen LogP contribution in [-0.2, 0) is 45.8 Å². The molecule has 0 unspecified atom stereocenters. The fourth-order valence-electron chi connectivity index (χ4n) is 0. The Labute approximate surface area is 162 Å². The van der Waals surface area contributed by atoms with Crippen LogP contribution in [0.3, 0.4) is 0 Å². The van der Waals surface area contributed by atoms with Gasteiger partial charge in [0, 0.05) is 0 Å². The number of carbonyl (C=O) groups excluding carboxylic acids is 3. The van der Waals surface area contributed by atoms with Crippen molar-refractivity contribution in [3.8, 4) is 0 Å². The van der Waals surface area contributed by atoms with Crippen molar-refractivity contribution in [3.63, 3.8) is 0 Å². The van der Waals surface area contributed by atoms with Crippen molar-refractivity contribution in [2.75, 3.05) is 0 Å². The van der Waals surface area contributed by atoms with Crippen LogP contribution in [0.5, 0.6) is 0 Å². The molecular weight excluding hydrogens is 359 g/mol. The molecule has 0 aromatic heterocycles. The summed E-state index contributed by atoms with van der Waals surface area (Å²) in [7, 11) is 0. The van der Waals surface area contributed by atoms with Gasteiger partial charge in [-0.05, 0) is 0 Å². The molecule has 0 saturated heterocycles. The summed E-state index contributed by atoms with van der Waals surface area (Å²) in [5.74, 6) is -12.0. The van der Waals surface area contributed by atoms with Gasteiger partial charge in [0.25, 0.3) is 0 Å². The summed E-state index contributed by atoms with van der Waals surface area (Å²) in [6, 6.07) is 0. The number of carboxylic acid groups (broad SMARTS) is 6. The zero-order chi connectivity index (χ0) is 15.5. The predicted molar refractivity (Wildman–Crippen MR) is 37.9 cm³/mol. The van der Waals surface area contributed by atoms with E-state index < -0.39 is 35.8 Å². The van der Waals surface area contributed by atoms with Crippen LogP contribution >= 0.6 is 0 Å². The van der Waals surface area contributed by atoms with Crippen molar-refractivity contribution in [3.05, 3.63) is 0 Å². The third-order valence-electron chi connectivity index (χ3n) is 0.524. The van der Waals surface area contributed by atoms with Crippen molar-refractivity contribution < 1.29 is 128 Å². The molecule has 20 heavy (non-hydrogen) atoms. The van der Waals surface area contributed by atoms with Gasteiger partial charge in [0.2, 0.25) is 0 Å². The van der Waals surface area contributed by atoms with E-state index in [0.29, 0.717) is 0 Å². The van der Waals surface area contributed by atoms with Crippen LogP contribution in [0.25, 0.3) is 0 Å². The summed E-state index contributed by atoms with van der Waals surface area (Å²) >= 11 is 0. The predicted octanol–water partition coefficient (Wildman–Crippen LogP) is -9.54. The molecule has 12 nitrogen and oxygen atoms in total. The van der Waals surface area contributed by atoms with E-state index in [1.54, 1.807) is 0 Å². The van der Waals surface area contributed by atoms with E-state index in [4.69, 9.17) is 59.4 Å². The molecular formula is C6H3FeKO12. The van der Waals surface area contributed by atoms with E-state index in [1.165, 1.54) is 0 Å². The first-order valence-corrected chi connectivity index (χ1v) is 3.26. The largest absolute Gasteiger partial charge is 2.00 e. The minimum absolute atomic E-state index is 0. The molecule has 0 aromatic rings. The Bertz CT molecular complexity index is 283. The fourth-order valence-corrected chi connectivity index (χ4v) is 0. The van der Waals surface area contributed by atoms with Crippen molar-refractivity contribution in [2.24, 2.45) is 0 Å². The first-order valence-electron chi connectivity index (χ1n) is 3.26. The summed E-state index contributed by atoms with van der Waals surface area (Å²) in [6.45, 7) is 0. The standard InChI is InChI=1S/3C2H2O4.Fe.K/c3*3-1(4)2(5)6;;/h3*(H,3,4)(H,5,6);;/q;;;+2;+1/p-3. The molecule has 0 bridgehead atoms. The Kier molecular flexibility index (Phi) is 28.2. The van der Waals surface area contributed by atoms with Gasteiger partial charge in [0.15, 0.2) is 5.97 Å². The summed E-state index contributed by atoms with van der Waals surface area (Å²) in [4.78, 5) is 54.1. The zero-order valence-electron chi connectivity index (χ0n) is 9.37. The van der Waals surface area contributed by atoms with Gasteiger partial charge in [-0.2, -0.15) is 0 Å². The summed E-state index contributed by atoms with van der Waals surface area (Å²) in [5, 5.41) is 49.0. The van der Waals surface area contributed by atoms with E-state index in [-0.39, 0.29) is 68.5 Å². The van der Waals surface area contributed by atoms with Gasteiger partial charge < -0.3 is 45.0 Å². The SMILES string of the molecule is O=C(O)C(=O)O.O=C([O-])C(=O)O.O=C([O-])C(=O)[O-].[Fe+2].[K+]. The smallest absolute Gasteiger partial charge is 0.543 e. The van der Waals surface area contributed by atoms with Crippen molar-refractivity contribution >= 4 is 35.8 Å². The number of rotatable bonds is 0. The maximum absolute atomic E-state index is 9.10. The van der Waals surface area contributed by atoms with Gasteiger partial charge in [-0.25, -0.2) is 14.4 Å². The number of hydrogen-bond donors (Lipinski definition) is 3. The van der Waals surface area contributed by atoms with E-state index in [2.05, 4.69) is 0 Å². The average Bonchev–Trinajstić information content (AvgIpc) is 2.18. The average molecular weight is 362 g/mol. The van der Waals surface area contributed by atoms with E-state index in [1.807, 2.05) is 0 Å². The second-order valence-electron chi connectivity index (χ2n) is 1.78. The number of carboxylic acids is 6. The summed E-state index contributed by atoms with van der Waals surface area (Å²) < 4.78 is 0. The number of aliphatic carboxylic acids is 6. The Morgan fingerprint density at radius 2 is 0.700 bits per heavy atom. The Morgan fingerprint density at radius 1 is 0.550 bits per heavy atom. The molecule has 0 saturated carbocycles. The molecule has 14 heteroatoms. The molecule has 0 atom stereocenters. The fraction of sp³-hybridized carbons (Fsp3) is 0. The van der Waals surface area contributed by atoms with Gasteiger partial charge in [0.05, 0.1) is 11.9 Å². The van der Waals surface area contributed by atoms with Gasteiger partial charge in [0.1, 0.15) is 0 Å². The molecule has 0 heterocycles. The maximum atomic E-state index is 9.10. The van der Waals surface area contributed by atoms with E-state index in [9.17, 15) is 0 Å². The van der Waals surface area contributed by atoms with Crippen LogP contribution in [0.1, 0.15) is 0 Å². The van der Waals surface area contributed by atoms with Crippen molar-refractivity contribution in [1.82, 2.24) is 0 Å². The van der Waals surface area contributed by atoms with E-state index in [0.717, 1.165) is 0 Å².